The van der Waals surface area contributed by atoms with Gasteiger partial charge in [0.15, 0.2) is 10.9 Å². The van der Waals surface area contributed by atoms with Gasteiger partial charge in [-0.25, -0.2) is 18.7 Å². The molecule has 0 aliphatic carbocycles. The van der Waals surface area contributed by atoms with E-state index in [2.05, 4.69) is 9.97 Å². The van der Waals surface area contributed by atoms with Crippen LogP contribution in [0.1, 0.15) is 26.8 Å². The molecule has 5 nitrogen and oxygen atoms in total. The van der Waals surface area contributed by atoms with Crippen molar-refractivity contribution in [1.29, 1.82) is 0 Å². The van der Waals surface area contributed by atoms with Gasteiger partial charge >= 0.3 is 0 Å². The van der Waals surface area contributed by atoms with Crippen molar-refractivity contribution in [1.82, 2.24) is 14.9 Å². The third-order valence-corrected chi connectivity index (χ3v) is 6.05. The Balaban J connectivity index is 2.00. The molecule has 2 heterocycles. The first-order valence-corrected chi connectivity index (χ1v) is 10.1. The zero-order valence-corrected chi connectivity index (χ0v) is 17.2. The molecule has 0 bridgehead atoms. The van der Waals surface area contributed by atoms with E-state index < -0.39 is 11.6 Å². The van der Waals surface area contributed by atoms with Crippen molar-refractivity contribution < 1.29 is 13.6 Å². The maximum absolute atomic E-state index is 14.1. The van der Waals surface area contributed by atoms with Crippen molar-refractivity contribution >= 4 is 43.9 Å². The molecule has 0 saturated heterocycles. The van der Waals surface area contributed by atoms with E-state index in [1.54, 1.807) is 11.8 Å². The Morgan fingerprint density at radius 2 is 1.85 bits per heavy atom. The largest absolute Gasteiger partial charge is 0.309 e. The van der Waals surface area contributed by atoms with Crippen molar-refractivity contribution in [2.45, 2.75) is 20.3 Å². The second kappa shape index (κ2) is 7.95. The summed E-state index contributed by atoms with van der Waals surface area (Å²) in [6, 6.07) is 2.05. The minimum absolute atomic E-state index is 0.0824. The zero-order chi connectivity index (χ0) is 19.7. The van der Waals surface area contributed by atoms with Crippen molar-refractivity contribution in [3.05, 3.63) is 39.3 Å². The first-order chi connectivity index (χ1) is 12.8. The number of halogens is 2. The Hall–Kier alpha value is -1.97. The van der Waals surface area contributed by atoms with Gasteiger partial charge in [0.25, 0.3) is 5.91 Å². The van der Waals surface area contributed by atoms with Crippen LogP contribution in [0.5, 0.6) is 0 Å². The average Bonchev–Trinajstić information content (AvgIpc) is 3.13. The van der Waals surface area contributed by atoms with Gasteiger partial charge in [0.1, 0.15) is 16.2 Å². The Morgan fingerprint density at radius 3 is 2.48 bits per heavy atom. The van der Waals surface area contributed by atoms with E-state index in [-0.39, 0.29) is 11.4 Å². The summed E-state index contributed by atoms with van der Waals surface area (Å²) in [5.41, 5.74) is 0.748. The molecule has 3 rings (SSSR count). The Morgan fingerprint density at radius 1 is 1.11 bits per heavy atom. The number of anilines is 1. The van der Waals surface area contributed by atoms with Crippen LogP contribution < -0.4 is 4.90 Å². The Labute approximate surface area is 164 Å². The van der Waals surface area contributed by atoms with Crippen LogP contribution in [0.4, 0.5) is 13.9 Å². The number of thiazole rings is 2. The molecule has 27 heavy (non-hydrogen) atoms. The summed E-state index contributed by atoms with van der Waals surface area (Å²) < 4.78 is 28.0. The predicted molar refractivity (Wildman–Crippen MR) is 106 cm³/mol. The topological polar surface area (TPSA) is 49.3 Å². The third kappa shape index (κ3) is 4.31. The van der Waals surface area contributed by atoms with E-state index in [1.807, 2.05) is 25.9 Å². The molecule has 3 aromatic rings. The number of hydrogen-bond donors (Lipinski definition) is 0. The summed E-state index contributed by atoms with van der Waals surface area (Å²) in [6.45, 7) is 4.86. The summed E-state index contributed by atoms with van der Waals surface area (Å²) in [5.74, 6) is -1.59. The molecule has 0 aliphatic rings. The summed E-state index contributed by atoms with van der Waals surface area (Å²) in [5, 5.41) is 1.17. The highest BCUT2D eigenvalue weighted by molar-refractivity contribution is 7.22. The standard InChI is InChI=1S/C18H20F2N4OS2/c1-10-16(26-11(2)21-10)17(25)24(7-5-6-23(3)4)18-22-15-13(20)8-12(19)9-14(15)27-18/h8-9H,5-7H2,1-4H3. The first-order valence-electron chi connectivity index (χ1n) is 8.42. The normalized spacial score (nSPS) is 11.5. The SMILES string of the molecule is Cc1nc(C)c(C(=O)N(CCCN(C)C)c2nc3c(F)cc(F)cc3s2)s1. The fraction of sp³-hybridized carbons (Fsp3) is 0.389. The molecule has 9 heteroatoms. The smallest absolute Gasteiger partial charge is 0.272 e. The van der Waals surface area contributed by atoms with Crippen LogP contribution >= 0.6 is 22.7 Å². The first kappa shape index (κ1) is 19.8. The molecular formula is C18H20F2N4OS2. The van der Waals surface area contributed by atoms with Crippen LogP contribution in [0, 0.1) is 25.5 Å². The van der Waals surface area contributed by atoms with Gasteiger partial charge in [0.05, 0.1) is 15.4 Å². The lowest BCUT2D eigenvalue weighted by Gasteiger charge is -2.20. The molecular weight excluding hydrogens is 390 g/mol. The number of amides is 1. The second-order valence-electron chi connectivity index (χ2n) is 6.49. The number of rotatable bonds is 6. The lowest BCUT2D eigenvalue weighted by Crippen LogP contribution is -2.33. The van der Waals surface area contributed by atoms with E-state index in [9.17, 15) is 13.6 Å². The maximum Gasteiger partial charge on any atom is 0.272 e. The van der Waals surface area contributed by atoms with E-state index in [0.717, 1.165) is 35.4 Å². The summed E-state index contributed by atoms with van der Waals surface area (Å²) in [4.78, 5) is 25.9. The van der Waals surface area contributed by atoms with Crippen LogP contribution in [0.15, 0.2) is 12.1 Å². The predicted octanol–water partition coefficient (Wildman–Crippen LogP) is 4.25. The second-order valence-corrected chi connectivity index (χ2v) is 8.70. The molecule has 0 atom stereocenters. The Bertz CT molecular complexity index is 983. The fourth-order valence-electron chi connectivity index (χ4n) is 2.74. The fourth-order valence-corrected chi connectivity index (χ4v) is 4.64. The quantitative estimate of drug-likeness (QED) is 0.610. The van der Waals surface area contributed by atoms with Crippen molar-refractivity contribution in [2.75, 3.05) is 32.1 Å². The number of carbonyl (C=O) groups is 1. The molecule has 2 aromatic heterocycles. The van der Waals surface area contributed by atoms with Gasteiger partial charge in [-0.1, -0.05) is 11.3 Å². The van der Waals surface area contributed by atoms with E-state index in [4.69, 9.17) is 0 Å². The van der Waals surface area contributed by atoms with Gasteiger partial charge in [-0.15, -0.1) is 11.3 Å². The molecule has 0 aliphatic heterocycles. The Kier molecular flexibility index (Phi) is 5.83. The highest BCUT2D eigenvalue weighted by atomic mass is 32.1. The number of nitrogens with zero attached hydrogens (tertiary/aromatic N) is 4. The molecule has 0 radical (unpaired) electrons. The summed E-state index contributed by atoms with van der Waals surface area (Å²) in [6.07, 6.45) is 0.725. The minimum atomic E-state index is -0.724. The lowest BCUT2D eigenvalue weighted by molar-refractivity contribution is 0.0989. The van der Waals surface area contributed by atoms with Crippen LogP contribution in [0.25, 0.3) is 10.2 Å². The summed E-state index contributed by atoms with van der Waals surface area (Å²) >= 11 is 2.44. The molecule has 0 saturated carbocycles. The number of aromatic nitrogens is 2. The van der Waals surface area contributed by atoms with E-state index >= 15 is 0 Å². The monoisotopic (exact) mass is 410 g/mol. The van der Waals surface area contributed by atoms with Crippen LogP contribution in [-0.2, 0) is 0 Å². The van der Waals surface area contributed by atoms with Crippen molar-refractivity contribution in [3.63, 3.8) is 0 Å². The van der Waals surface area contributed by atoms with Crippen LogP contribution in [0.2, 0.25) is 0 Å². The molecule has 0 unspecified atom stereocenters. The lowest BCUT2D eigenvalue weighted by atomic mass is 10.3. The van der Waals surface area contributed by atoms with Gasteiger partial charge in [-0.05, 0) is 47.0 Å². The van der Waals surface area contributed by atoms with Gasteiger partial charge < -0.3 is 4.90 Å². The third-order valence-electron chi connectivity index (χ3n) is 3.96. The highest BCUT2D eigenvalue weighted by Gasteiger charge is 2.25. The van der Waals surface area contributed by atoms with Crippen molar-refractivity contribution in [2.24, 2.45) is 0 Å². The van der Waals surface area contributed by atoms with Crippen molar-refractivity contribution in [3.8, 4) is 0 Å². The maximum atomic E-state index is 14.1. The van der Waals surface area contributed by atoms with Crippen LogP contribution in [-0.4, -0.2) is 48.0 Å². The molecule has 0 N–H and O–H groups in total. The van der Waals surface area contributed by atoms with Gasteiger partial charge in [-0.3, -0.25) is 9.69 Å². The van der Waals surface area contributed by atoms with Gasteiger partial charge in [0.2, 0.25) is 0 Å². The number of aryl methyl sites for hydroxylation is 2. The molecule has 0 fully saturated rings. The molecule has 144 valence electrons. The van der Waals surface area contributed by atoms with Gasteiger partial charge in [-0.2, -0.15) is 0 Å². The zero-order valence-electron chi connectivity index (χ0n) is 15.5. The molecule has 1 aromatic carbocycles. The summed E-state index contributed by atoms with van der Waals surface area (Å²) in [7, 11) is 3.91. The number of fused-ring (bicyclic) bond motifs is 1. The number of carbonyl (C=O) groups excluding carboxylic acids is 1. The van der Waals surface area contributed by atoms with Crippen LogP contribution in [0.3, 0.4) is 0 Å². The van der Waals surface area contributed by atoms with E-state index in [0.29, 0.717) is 26.9 Å². The highest BCUT2D eigenvalue weighted by Crippen LogP contribution is 2.33. The van der Waals surface area contributed by atoms with E-state index in [1.165, 1.54) is 17.4 Å². The average molecular weight is 411 g/mol. The number of hydrogen-bond acceptors (Lipinski definition) is 6. The molecule has 1 amide bonds. The molecule has 0 spiro atoms. The minimum Gasteiger partial charge on any atom is -0.309 e. The number of benzene rings is 1. The van der Waals surface area contributed by atoms with Gasteiger partial charge in [0, 0.05) is 12.6 Å².